The average molecular weight is 308 g/mol. The Morgan fingerprint density at radius 2 is 2.32 bits per heavy atom. The van der Waals surface area contributed by atoms with E-state index in [0.29, 0.717) is 19.4 Å². The minimum Gasteiger partial charge on any atom is -0.356 e. The number of fused-ring (bicyclic) bond motifs is 1. The fourth-order valence-corrected chi connectivity index (χ4v) is 4.04. The second-order valence-corrected chi connectivity index (χ2v) is 7.12. The number of nitrogens with zero attached hydrogens (tertiary/aromatic N) is 1. The third-order valence-corrected chi connectivity index (χ3v) is 5.61. The molecule has 2 heterocycles. The third kappa shape index (κ3) is 2.09. The maximum absolute atomic E-state index is 14.5. The molecule has 3 N–H and O–H groups in total. The van der Waals surface area contributed by atoms with Gasteiger partial charge in [-0.2, -0.15) is 5.26 Å². The highest BCUT2D eigenvalue weighted by molar-refractivity contribution is 5.85. The molecule has 2 amide bonds. The summed E-state index contributed by atoms with van der Waals surface area (Å²) in [6, 6.07) is 0.703. The summed E-state index contributed by atoms with van der Waals surface area (Å²) >= 11 is 0. The standard InChI is InChI=1S/C15H21FN4O2/c1-14(2)11-10(19-7-15(11,14)16)13(22)20-9(6-17)5-8-3-4-18-12(8)21/h8-11,19H,3-5,7H2,1-2H3,(H,18,21)(H,20,22)/t8?,9-,10-,11?,15?/m0/s1. The van der Waals surface area contributed by atoms with E-state index in [4.69, 9.17) is 0 Å². The van der Waals surface area contributed by atoms with Crippen LogP contribution in [0.2, 0.25) is 0 Å². The number of carbonyl (C=O) groups excluding carboxylic acids is 2. The van der Waals surface area contributed by atoms with Crippen LogP contribution in [-0.2, 0) is 9.59 Å². The molecule has 3 aliphatic rings. The first-order valence-electron chi connectivity index (χ1n) is 7.71. The molecule has 22 heavy (non-hydrogen) atoms. The lowest BCUT2D eigenvalue weighted by Crippen LogP contribution is -2.48. The second kappa shape index (κ2) is 4.92. The zero-order valence-electron chi connectivity index (χ0n) is 12.8. The van der Waals surface area contributed by atoms with Crippen molar-refractivity contribution in [3.8, 4) is 6.07 Å². The van der Waals surface area contributed by atoms with E-state index in [0.717, 1.165) is 0 Å². The maximum atomic E-state index is 14.5. The first-order chi connectivity index (χ1) is 10.3. The van der Waals surface area contributed by atoms with Crippen molar-refractivity contribution in [3.05, 3.63) is 0 Å². The van der Waals surface area contributed by atoms with E-state index in [1.165, 1.54) is 0 Å². The average Bonchev–Trinajstić information content (AvgIpc) is 2.86. The Labute approximate surface area is 128 Å². The minimum atomic E-state index is -1.33. The molecule has 0 radical (unpaired) electrons. The number of piperidine rings is 1. The van der Waals surface area contributed by atoms with Gasteiger partial charge in [0, 0.05) is 30.3 Å². The normalized spacial score (nSPS) is 39.5. The molecule has 3 rings (SSSR count). The number of amides is 2. The highest BCUT2D eigenvalue weighted by Gasteiger charge is 2.79. The number of rotatable bonds is 4. The Morgan fingerprint density at radius 1 is 1.59 bits per heavy atom. The summed E-state index contributed by atoms with van der Waals surface area (Å²) in [5.41, 5.74) is -1.84. The van der Waals surface area contributed by atoms with Crippen LogP contribution in [0.5, 0.6) is 0 Å². The third-order valence-electron chi connectivity index (χ3n) is 5.61. The van der Waals surface area contributed by atoms with Gasteiger partial charge < -0.3 is 16.0 Å². The van der Waals surface area contributed by atoms with Gasteiger partial charge in [0.25, 0.3) is 0 Å². The van der Waals surface area contributed by atoms with Crippen molar-refractivity contribution >= 4 is 11.8 Å². The molecular formula is C15H21FN4O2. The molecule has 1 aliphatic carbocycles. The van der Waals surface area contributed by atoms with Crippen LogP contribution in [0.25, 0.3) is 0 Å². The van der Waals surface area contributed by atoms with Gasteiger partial charge in [-0.25, -0.2) is 4.39 Å². The number of hydrogen-bond acceptors (Lipinski definition) is 4. The van der Waals surface area contributed by atoms with Crippen LogP contribution in [0, 0.1) is 28.6 Å². The van der Waals surface area contributed by atoms with Gasteiger partial charge in [0.2, 0.25) is 11.8 Å². The van der Waals surface area contributed by atoms with Gasteiger partial charge in [-0.05, 0) is 12.8 Å². The summed E-state index contributed by atoms with van der Waals surface area (Å²) in [5, 5.41) is 17.5. The second-order valence-electron chi connectivity index (χ2n) is 7.12. The molecule has 3 fully saturated rings. The maximum Gasteiger partial charge on any atom is 0.238 e. The van der Waals surface area contributed by atoms with Crippen molar-refractivity contribution in [2.45, 2.75) is 44.4 Å². The van der Waals surface area contributed by atoms with Crippen molar-refractivity contribution in [2.75, 3.05) is 13.1 Å². The van der Waals surface area contributed by atoms with E-state index in [9.17, 15) is 19.2 Å². The molecule has 5 atom stereocenters. The molecule has 7 heteroatoms. The molecule has 2 aliphatic heterocycles. The van der Waals surface area contributed by atoms with Crippen LogP contribution in [-0.4, -0.2) is 42.7 Å². The van der Waals surface area contributed by atoms with Crippen LogP contribution in [0.1, 0.15) is 26.7 Å². The van der Waals surface area contributed by atoms with Gasteiger partial charge >= 0.3 is 0 Å². The zero-order valence-corrected chi connectivity index (χ0v) is 12.8. The summed E-state index contributed by atoms with van der Waals surface area (Å²) in [7, 11) is 0. The lowest BCUT2D eigenvalue weighted by atomic mass is 9.98. The molecular weight excluding hydrogens is 287 g/mol. The summed E-state index contributed by atoms with van der Waals surface area (Å²) in [4.78, 5) is 23.9. The van der Waals surface area contributed by atoms with Crippen molar-refractivity contribution in [1.29, 1.82) is 5.26 Å². The number of nitrogens with one attached hydrogen (secondary N) is 3. The predicted octanol–water partition coefficient (Wildman–Crippen LogP) is -0.143. The monoisotopic (exact) mass is 308 g/mol. The molecule has 1 saturated carbocycles. The number of nitriles is 1. The lowest BCUT2D eigenvalue weighted by molar-refractivity contribution is -0.125. The van der Waals surface area contributed by atoms with Crippen LogP contribution < -0.4 is 16.0 Å². The highest BCUT2D eigenvalue weighted by Crippen LogP contribution is 2.68. The van der Waals surface area contributed by atoms with Gasteiger partial charge in [0.05, 0.1) is 12.1 Å². The molecule has 0 aromatic carbocycles. The fourth-order valence-electron chi connectivity index (χ4n) is 4.04. The van der Waals surface area contributed by atoms with Crippen LogP contribution in [0.3, 0.4) is 0 Å². The Hall–Kier alpha value is -1.68. The van der Waals surface area contributed by atoms with Crippen molar-refractivity contribution in [3.63, 3.8) is 0 Å². The summed E-state index contributed by atoms with van der Waals surface area (Å²) in [5.74, 6) is -1.01. The van der Waals surface area contributed by atoms with E-state index in [1.54, 1.807) is 0 Å². The van der Waals surface area contributed by atoms with Gasteiger partial charge in [-0.1, -0.05) is 13.8 Å². The number of halogens is 1. The van der Waals surface area contributed by atoms with Crippen LogP contribution >= 0.6 is 0 Å². The Balaban J connectivity index is 1.59. The predicted molar refractivity (Wildman–Crippen MR) is 76.2 cm³/mol. The highest BCUT2D eigenvalue weighted by atomic mass is 19.1. The van der Waals surface area contributed by atoms with E-state index < -0.39 is 23.2 Å². The van der Waals surface area contributed by atoms with Crippen molar-refractivity contribution < 1.29 is 14.0 Å². The largest absolute Gasteiger partial charge is 0.356 e. The molecule has 3 unspecified atom stereocenters. The number of alkyl halides is 1. The van der Waals surface area contributed by atoms with Crippen molar-refractivity contribution in [1.82, 2.24) is 16.0 Å². The fraction of sp³-hybridized carbons (Fsp3) is 0.800. The van der Waals surface area contributed by atoms with Crippen molar-refractivity contribution in [2.24, 2.45) is 17.3 Å². The van der Waals surface area contributed by atoms with E-state index in [2.05, 4.69) is 16.0 Å². The van der Waals surface area contributed by atoms with Gasteiger partial charge in [0.1, 0.15) is 11.7 Å². The molecule has 0 spiro atoms. The smallest absolute Gasteiger partial charge is 0.238 e. The van der Waals surface area contributed by atoms with E-state index in [-0.39, 0.29) is 30.2 Å². The quantitative estimate of drug-likeness (QED) is 0.673. The summed E-state index contributed by atoms with van der Waals surface area (Å²) < 4.78 is 14.5. The van der Waals surface area contributed by atoms with Gasteiger partial charge in [0.15, 0.2) is 0 Å². The minimum absolute atomic E-state index is 0.0698. The molecule has 2 saturated heterocycles. The Bertz CT molecular complexity index is 558. The summed E-state index contributed by atoms with van der Waals surface area (Å²) in [6.45, 7) is 4.43. The lowest BCUT2D eigenvalue weighted by Gasteiger charge is -2.21. The number of carbonyl (C=O) groups is 2. The van der Waals surface area contributed by atoms with Gasteiger partial charge in [-0.3, -0.25) is 9.59 Å². The first kappa shape index (κ1) is 15.2. The SMILES string of the molecule is CC1(C)C2[C@@H](C(=O)N[C@H](C#N)CC3CCNC3=O)NCC21F. The Kier molecular flexibility index (Phi) is 3.40. The Morgan fingerprint density at radius 3 is 2.82 bits per heavy atom. The molecule has 120 valence electrons. The molecule has 6 nitrogen and oxygen atoms in total. The number of hydrogen-bond donors (Lipinski definition) is 3. The molecule has 0 aromatic heterocycles. The van der Waals surface area contributed by atoms with Crippen LogP contribution in [0.4, 0.5) is 4.39 Å². The van der Waals surface area contributed by atoms with Gasteiger partial charge in [-0.15, -0.1) is 0 Å². The van der Waals surface area contributed by atoms with E-state index in [1.807, 2.05) is 19.9 Å². The van der Waals surface area contributed by atoms with Crippen LogP contribution in [0.15, 0.2) is 0 Å². The zero-order chi connectivity index (χ0) is 16.1. The first-order valence-corrected chi connectivity index (χ1v) is 7.71. The molecule has 0 aromatic rings. The summed E-state index contributed by atoms with van der Waals surface area (Å²) in [6.07, 6.45) is 0.980. The topological polar surface area (TPSA) is 94.0 Å². The van der Waals surface area contributed by atoms with E-state index >= 15 is 0 Å². The molecule has 0 bridgehead atoms.